The smallest absolute Gasteiger partial charge is 0.335 e. The van der Waals surface area contributed by atoms with E-state index in [1.165, 1.54) is 11.3 Å². The first-order valence-electron chi connectivity index (χ1n) is 13.3. The molecule has 3 aliphatic rings. The van der Waals surface area contributed by atoms with Crippen molar-refractivity contribution in [3.8, 4) is 17.0 Å². The van der Waals surface area contributed by atoms with Gasteiger partial charge in [-0.05, 0) is 56.7 Å². The lowest BCUT2D eigenvalue weighted by Crippen LogP contribution is -2.45. The predicted molar refractivity (Wildman–Crippen MR) is 149 cm³/mol. The highest BCUT2D eigenvalue weighted by atomic mass is 35.5. The standard InChI is InChI=1S/C29H28ClN3O5S/c1-36-23-10-16(28(34)35)11-24-26(23)31-29(39-24)33-17-8-9-18(33)13-19(12-17)37-14-21-25(20-4-2-3-5-22(20)30)32-38-27(21)15-6-7-15/h2-5,10-11,15,17-19H,6-9,12-14H2,1H3,(H,34,35). The van der Waals surface area contributed by atoms with Gasteiger partial charge in [0.15, 0.2) is 5.13 Å². The summed E-state index contributed by atoms with van der Waals surface area (Å²) in [6, 6.07) is 11.6. The van der Waals surface area contributed by atoms with Crippen LogP contribution in [-0.2, 0) is 11.3 Å². The third-order valence-electron chi connectivity index (χ3n) is 8.19. The van der Waals surface area contributed by atoms with Gasteiger partial charge in [0.05, 0.1) is 35.1 Å². The van der Waals surface area contributed by atoms with E-state index in [1.54, 1.807) is 19.2 Å². The number of nitrogens with zero attached hydrogens (tertiary/aromatic N) is 3. The molecule has 202 valence electrons. The predicted octanol–water partition coefficient (Wildman–Crippen LogP) is 6.91. The van der Waals surface area contributed by atoms with Crippen molar-refractivity contribution < 1.29 is 23.9 Å². The monoisotopic (exact) mass is 565 g/mol. The number of carboxylic acids is 1. The Morgan fingerprint density at radius 1 is 1.18 bits per heavy atom. The molecule has 10 heteroatoms. The van der Waals surface area contributed by atoms with E-state index in [0.29, 0.717) is 40.9 Å². The van der Waals surface area contributed by atoms with E-state index in [9.17, 15) is 9.90 Å². The molecule has 2 saturated heterocycles. The summed E-state index contributed by atoms with van der Waals surface area (Å²) in [6.07, 6.45) is 6.36. The molecule has 0 spiro atoms. The fourth-order valence-electron chi connectivity index (χ4n) is 6.15. The second-order valence-electron chi connectivity index (χ2n) is 10.7. The topological polar surface area (TPSA) is 97.9 Å². The van der Waals surface area contributed by atoms with Gasteiger partial charge in [0, 0.05) is 29.1 Å². The first-order valence-corrected chi connectivity index (χ1v) is 14.5. The Morgan fingerprint density at radius 2 is 1.95 bits per heavy atom. The minimum atomic E-state index is -0.974. The number of piperidine rings is 1. The molecule has 2 bridgehead atoms. The van der Waals surface area contributed by atoms with Crippen LogP contribution < -0.4 is 9.64 Å². The van der Waals surface area contributed by atoms with Gasteiger partial charge in [-0.25, -0.2) is 9.78 Å². The van der Waals surface area contributed by atoms with Crippen LogP contribution >= 0.6 is 22.9 Å². The summed E-state index contributed by atoms with van der Waals surface area (Å²) in [7, 11) is 1.55. The number of anilines is 1. The Hall–Kier alpha value is -3.14. The van der Waals surface area contributed by atoms with E-state index in [0.717, 1.165) is 70.9 Å². The number of benzene rings is 2. The molecule has 3 fully saturated rings. The Kier molecular flexibility index (Phi) is 6.25. The number of carbonyl (C=O) groups is 1. The lowest BCUT2D eigenvalue weighted by atomic mass is 10.00. The molecule has 1 aliphatic carbocycles. The van der Waals surface area contributed by atoms with Crippen molar-refractivity contribution in [3.63, 3.8) is 0 Å². The second-order valence-corrected chi connectivity index (χ2v) is 12.1. The van der Waals surface area contributed by atoms with Crippen molar-refractivity contribution >= 4 is 44.3 Å². The van der Waals surface area contributed by atoms with Gasteiger partial charge in [-0.2, -0.15) is 0 Å². The van der Waals surface area contributed by atoms with Crippen molar-refractivity contribution in [1.29, 1.82) is 0 Å². The minimum absolute atomic E-state index is 0.127. The van der Waals surface area contributed by atoms with Crippen LogP contribution in [0.15, 0.2) is 40.9 Å². The molecule has 1 N–H and O–H groups in total. The number of hydrogen-bond acceptors (Lipinski definition) is 8. The zero-order valence-electron chi connectivity index (χ0n) is 21.4. The average Bonchev–Trinajstić information content (AvgIpc) is 3.45. The van der Waals surface area contributed by atoms with Crippen LogP contribution in [0.2, 0.25) is 5.02 Å². The van der Waals surface area contributed by atoms with Crippen LogP contribution in [0.25, 0.3) is 21.5 Å². The molecule has 4 aromatic rings. The molecule has 2 atom stereocenters. The molecule has 2 aromatic carbocycles. The number of aromatic carboxylic acids is 1. The van der Waals surface area contributed by atoms with Gasteiger partial charge in [-0.3, -0.25) is 0 Å². The molecule has 4 heterocycles. The number of carboxylic acid groups (broad SMARTS) is 1. The van der Waals surface area contributed by atoms with Crippen LogP contribution in [-0.4, -0.2) is 46.5 Å². The quantitative estimate of drug-likeness (QED) is 0.246. The van der Waals surface area contributed by atoms with E-state index in [2.05, 4.69) is 10.1 Å². The number of halogens is 1. The number of methoxy groups -OCH3 is 1. The highest BCUT2D eigenvalue weighted by molar-refractivity contribution is 7.22. The van der Waals surface area contributed by atoms with Gasteiger partial charge in [0.1, 0.15) is 22.7 Å². The fraction of sp³-hybridized carbons (Fsp3) is 0.414. The van der Waals surface area contributed by atoms with Gasteiger partial charge in [-0.1, -0.05) is 46.3 Å². The van der Waals surface area contributed by atoms with Crippen LogP contribution in [0.1, 0.15) is 66.1 Å². The average molecular weight is 566 g/mol. The van der Waals surface area contributed by atoms with Crippen molar-refractivity contribution in [3.05, 3.63) is 58.3 Å². The molecule has 0 radical (unpaired) electrons. The molecular weight excluding hydrogens is 538 g/mol. The van der Waals surface area contributed by atoms with Gasteiger partial charge < -0.3 is 24.0 Å². The fourth-order valence-corrected chi connectivity index (χ4v) is 7.54. The second kappa shape index (κ2) is 9.80. The largest absolute Gasteiger partial charge is 0.494 e. The zero-order valence-corrected chi connectivity index (χ0v) is 23.0. The van der Waals surface area contributed by atoms with Gasteiger partial charge in [0.2, 0.25) is 0 Å². The van der Waals surface area contributed by atoms with Crippen LogP contribution in [0.3, 0.4) is 0 Å². The van der Waals surface area contributed by atoms with Gasteiger partial charge in [0.25, 0.3) is 0 Å². The number of hydrogen-bond donors (Lipinski definition) is 1. The normalized spacial score (nSPS) is 22.5. The van der Waals surface area contributed by atoms with E-state index in [4.69, 9.17) is 30.6 Å². The summed E-state index contributed by atoms with van der Waals surface area (Å²) in [5, 5.41) is 15.5. The third-order valence-corrected chi connectivity index (χ3v) is 9.53. The van der Waals surface area contributed by atoms with E-state index >= 15 is 0 Å². The highest BCUT2D eigenvalue weighted by Crippen LogP contribution is 2.47. The number of ether oxygens (including phenoxy) is 2. The summed E-state index contributed by atoms with van der Waals surface area (Å²) in [4.78, 5) is 18.9. The number of rotatable bonds is 8. The lowest BCUT2D eigenvalue weighted by Gasteiger charge is -2.38. The zero-order chi connectivity index (χ0) is 26.7. The van der Waals surface area contributed by atoms with Gasteiger partial charge >= 0.3 is 5.97 Å². The SMILES string of the molecule is COc1cc(C(=O)O)cc2sc(N3C4CCC3CC(OCc3c(-c5ccccc5Cl)noc3C3CC3)C4)nc12. The summed E-state index contributed by atoms with van der Waals surface area (Å²) in [5.74, 6) is 0.878. The van der Waals surface area contributed by atoms with E-state index in [-0.39, 0.29) is 11.7 Å². The Morgan fingerprint density at radius 3 is 2.64 bits per heavy atom. The summed E-state index contributed by atoms with van der Waals surface area (Å²) in [5.41, 5.74) is 3.60. The minimum Gasteiger partial charge on any atom is -0.494 e. The van der Waals surface area contributed by atoms with Crippen LogP contribution in [0, 0.1) is 0 Å². The van der Waals surface area contributed by atoms with Crippen molar-refractivity contribution in [2.75, 3.05) is 12.0 Å². The molecule has 2 unspecified atom stereocenters. The van der Waals surface area contributed by atoms with Crippen molar-refractivity contribution in [1.82, 2.24) is 10.1 Å². The summed E-state index contributed by atoms with van der Waals surface area (Å²) in [6.45, 7) is 0.455. The molecule has 39 heavy (non-hydrogen) atoms. The van der Waals surface area contributed by atoms with E-state index in [1.807, 2.05) is 24.3 Å². The third kappa shape index (κ3) is 4.46. The number of fused-ring (bicyclic) bond motifs is 3. The first kappa shape index (κ1) is 24.9. The maximum atomic E-state index is 11.6. The summed E-state index contributed by atoms with van der Waals surface area (Å²) < 4.78 is 18.7. The number of aromatic nitrogens is 2. The molecule has 8 nitrogen and oxygen atoms in total. The Bertz CT molecular complexity index is 1550. The highest BCUT2D eigenvalue weighted by Gasteiger charge is 2.43. The summed E-state index contributed by atoms with van der Waals surface area (Å²) >= 11 is 8.04. The van der Waals surface area contributed by atoms with Gasteiger partial charge in [-0.15, -0.1) is 0 Å². The Labute approximate surface area is 234 Å². The van der Waals surface area contributed by atoms with Crippen LogP contribution in [0.4, 0.5) is 5.13 Å². The van der Waals surface area contributed by atoms with Crippen molar-refractivity contribution in [2.24, 2.45) is 0 Å². The first-order chi connectivity index (χ1) is 19.0. The molecule has 1 saturated carbocycles. The maximum Gasteiger partial charge on any atom is 0.335 e. The lowest BCUT2D eigenvalue weighted by molar-refractivity contribution is 0.0147. The molecule has 2 aliphatic heterocycles. The van der Waals surface area contributed by atoms with Crippen molar-refractivity contribution in [2.45, 2.75) is 69.2 Å². The molecular formula is C29H28ClN3O5S. The number of thiazole rings is 1. The molecule has 2 aromatic heterocycles. The van der Waals surface area contributed by atoms with Crippen LogP contribution in [0.5, 0.6) is 5.75 Å². The Balaban J connectivity index is 1.11. The van der Waals surface area contributed by atoms with E-state index < -0.39 is 5.97 Å². The maximum absolute atomic E-state index is 11.6. The molecule has 0 amide bonds. The molecule has 7 rings (SSSR count).